The summed E-state index contributed by atoms with van der Waals surface area (Å²) < 4.78 is 38.2. The van der Waals surface area contributed by atoms with Gasteiger partial charge < -0.3 is 10.6 Å². The number of rotatable bonds is 6. The predicted molar refractivity (Wildman–Crippen MR) is 89.8 cm³/mol. The Bertz CT molecular complexity index is 735. The van der Waals surface area contributed by atoms with E-state index in [4.69, 9.17) is 11.6 Å². The molecule has 0 spiro atoms. The van der Waals surface area contributed by atoms with Gasteiger partial charge in [0.1, 0.15) is 11.5 Å². The van der Waals surface area contributed by atoms with Crippen LogP contribution in [-0.4, -0.2) is 22.4 Å². The van der Waals surface area contributed by atoms with E-state index in [2.05, 4.69) is 27.5 Å². The minimum Gasteiger partial charge on any atom is -0.369 e. The summed E-state index contributed by atoms with van der Waals surface area (Å²) in [4.78, 5) is 20.1. The number of hydrogen-bond acceptors (Lipinski definition) is 4. The SMILES string of the molecule is CCCCNc1cnc(C(=O)Nc2cc(C(F)(F)F)ccc2Cl)cn1. The van der Waals surface area contributed by atoms with Crippen LogP contribution >= 0.6 is 11.6 Å². The van der Waals surface area contributed by atoms with Crippen molar-refractivity contribution in [1.82, 2.24) is 9.97 Å². The number of nitrogens with zero attached hydrogens (tertiary/aromatic N) is 2. The van der Waals surface area contributed by atoms with E-state index in [0.29, 0.717) is 5.82 Å². The van der Waals surface area contributed by atoms with Gasteiger partial charge in [-0.25, -0.2) is 9.97 Å². The number of carbonyl (C=O) groups excluding carboxylic acids is 1. The summed E-state index contributed by atoms with van der Waals surface area (Å²) in [5.41, 5.74) is -1.09. The first-order valence-electron chi connectivity index (χ1n) is 7.55. The van der Waals surface area contributed by atoms with Gasteiger partial charge in [0, 0.05) is 6.54 Å². The van der Waals surface area contributed by atoms with Crippen molar-refractivity contribution in [3.8, 4) is 0 Å². The van der Waals surface area contributed by atoms with Crippen molar-refractivity contribution in [2.75, 3.05) is 17.2 Å². The second-order valence-corrected chi connectivity index (χ2v) is 5.62. The highest BCUT2D eigenvalue weighted by molar-refractivity contribution is 6.33. The van der Waals surface area contributed by atoms with Crippen LogP contribution in [0.2, 0.25) is 5.02 Å². The van der Waals surface area contributed by atoms with Crippen LogP contribution in [0.3, 0.4) is 0 Å². The highest BCUT2D eigenvalue weighted by atomic mass is 35.5. The fourth-order valence-corrected chi connectivity index (χ4v) is 2.08. The maximum absolute atomic E-state index is 12.7. The van der Waals surface area contributed by atoms with E-state index in [-0.39, 0.29) is 16.4 Å². The molecule has 0 aliphatic rings. The second kappa shape index (κ2) is 8.15. The lowest BCUT2D eigenvalue weighted by atomic mass is 10.2. The molecular weight excluding hydrogens is 357 g/mol. The van der Waals surface area contributed by atoms with Gasteiger partial charge in [0.25, 0.3) is 5.91 Å². The molecule has 0 fully saturated rings. The average molecular weight is 373 g/mol. The first-order chi connectivity index (χ1) is 11.8. The second-order valence-electron chi connectivity index (χ2n) is 5.21. The van der Waals surface area contributed by atoms with Gasteiger partial charge in [0.15, 0.2) is 0 Å². The molecule has 2 rings (SSSR count). The van der Waals surface area contributed by atoms with Crippen LogP contribution in [-0.2, 0) is 6.18 Å². The van der Waals surface area contributed by atoms with E-state index in [1.807, 2.05) is 0 Å². The Morgan fingerprint density at radius 2 is 2.00 bits per heavy atom. The molecule has 1 aromatic heterocycles. The van der Waals surface area contributed by atoms with Crippen molar-refractivity contribution in [3.05, 3.63) is 46.9 Å². The van der Waals surface area contributed by atoms with Gasteiger partial charge in [-0.15, -0.1) is 0 Å². The molecule has 0 aliphatic heterocycles. The molecule has 0 radical (unpaired) electrons. The van der Waals surface area contributed by atoms with Gasteiger partial charge in [-0.1, -0.05) is 24.9 Å². The summed E-state index contributed by atoms with van der Waals surface area (Å²) >= 11 is 5.85. The van der Waals surface area contributed by atoms with Crippen LogP contribution < -0.4 is 10.6 Å². The lowest BCUT2D eigenvalue weighted by Crippen LogP contribution is -2.16. The number of anilines is 2. The smallest absolute Gasteiger partial charge is 0.369 e. The van der Waals surface area contributed by atoms with Crippen LogP contribution in [0.1, 0.15) is 35.8 Å². The lowest BCUT2D eigenvalue weighted by Gasteiger charge is -2.11. The van der Waals surface area contributed by atoms with Crippen LogP contribution in [0.25, 0.3) is 0 Å². The Morgan fingerprint density at radius 1 is 1.24 bits per heavy atom. The van der Waals surface area contributed by atoms with E-state index in [1.165, 1.54) is 12.4 Å². The highest BCUT2D eigenvalue weighted by Gasteiger charge is 2.31. The largest absolute Gasteiger partial charge is 0.416 e. The maximum atomic E-state index is 12.7. The zero-order chi connectivity index (χ0) is 18.4. The molecule has 2 N–H and O–H groups in total. The van der Waals surface area contributed by atoms with Crippen molar-refractivity contribution in [3.63, 3.8) is 0 Å². The molecule has 0 bridgehead atoms. The number of nitrogens with one attached hydrogen (secondary N) is 2. The van der Waals surface area contributed by atoms with Crippen LogP contribution in [0, 0.1) is 0 Å². The standard InChI is InChI=1S/C16H16ClF3N4O/c1-2-3-6-21-14-9-22-13(8-23-14)15(25)24-12-7-10(16(18,19)20)4-5-11(12)17/h4-5,7-9H,2-3,6H2,1H3,(H,21,23)(H,24,25). The van der Waals surface area contributed by atoms with Crippen molar-refractivity contribution in [2.24, 2.45) is 0 Å². The minimum atomic E-state index is -4.53. The summed E-state index contributed by atoms with van der Waals surface area (Å²) in [6, 6.07) is 2.69. The molecule has 5 nitrogen and oxygen atoms in total. The molecule has 25 heavy (non-hydrogen) atoms. The van der Waals surface area contributed by atoms with Crippen LogP contribution in [0.15, 0.2) is 30.6 Å². The predicted octanol–water partition coefficient (Wildman–Crippen LogP) is 4.61. The summed E-state index contributed by atoms with van der Waals surface area (Å²) in [7, 11) is 0. The van der Waals surface area contributed by atoms with Gasteiger partial charge in [-0.2, -0.15) is 13.2 Å². The molecule has 134 valence electrons. The number of alkyl halides is 3. The fraction of sp³-hybridized carbons (Fsp3) is 0.312. The number of benzene rings is 1. The van der Waals surface area contributed by atoms with Crippen molar-refractivity contribution < 1.29 is 18.0 Å². The molecule has 1 amide bonds. The van der Waals surface area contributed by atoms with Gasteiger partial charge in [-0.05, 0) is 24.6 Å². The molecule has 0 saturated carbocycles. The Labute approximate surface area is 147 Å². The van der Waals surface area contributed by atoms with E-state index >= 15 is 0 Å². The molecule has 0 atom stereocenters. The Morgan fingerprint density at radius 3 is 2.60 bits per heavy atom. The summed E-state index contributed by atoms with van der Waals surface area (Å²) in [6.45, 7) is 2.79. The number of unbranched alkanes of at least 4 members (excludes halogenated alkanes) is 1. The Balaban J connectivity index is 2.09. The normalized spacial score (nSPS) is 11.2. The molecule has 2 aromatic rings. The number of amides is 1. The van der Waals surface area contributed by atoms with E-state index in [1.54, 1.807) is 0 Å². The van der Waals surface area contributed by atoms with Gasteiger partial charge >= 0.3 is 6.18 Å². The topological polar surface area (TPSA) is 66.9 Å². The lowest BCUT2D eigenvalue weighted by molar-refractivity contribution is -0.137. The molecule has 1 heterocycles. The quantitative estimate of drug-likeness (QED) is 0.726. The highest BCUT2D eigenvalue weighted by Crippen LogP contribution is 2.33. The van der Waals surface area contributed by atoms with E-state index in [0.717, 1.165) is 37.6 Å². The van der Waals surface area contributed by atoms with E-state index < -0.39 is 17.6 Å². The summed E-state index contributed by atoms with van der Waals surface area (Å²) in [6.07, 6.45) is 0.0930. The third-order valence-corrected chi connectivity index (χ3v) is 3.59. The van der Waals surface area contributed by atoms with Crippen molar-refractivity contribution in [2.45, 2.75) is 25.9 Å². The molecule has 0 saturated heterocycles. The first-order valence-corrected chi connectivity index (χ1v) is 7.93. The van der Waals surface area contributed by atoms with Crippen molar-refractivity contribution in [1.29, 1.82) is 0 Å². The number of aromatic nitrogens is 2. The summed E-state index contributed by atoms with van der Waals surface area (Å²) in [5, 5.41) is 5.35. The first kappa shape index (κ1) is 19.0. The molecule has 9 heteroatoms. The number of hydrogen-bond donors (Lipinski definition) is 2. The van der Waals surface area contributed by atoms with Crippen molar-refractivity contribution >= 4 is 29.0 Å². The Hall–Kier alpha value is -2.35. The van der Waals surface area contributed by atoms with Gasteiger partial charge in [0.2, 0.25) is 0 Å². The molecule has 1 aromatic carbocycles. The third-order valence-electron chi connectivity index (χ3n) is 3.26. The number of carbonyl (C=O) groups is 1. The number of halogens is 4. The van der Waals surface area contributed by atoms with Gasteiger partial charge in [-0.3, -0.25) is 4.79 Å². The zero-order valence-corrected chi connectivity index (χ0v) is 14.1. The molecule has 0 unspecified atom stereocenters. The molecule has 0 aliphatic carbocycles. The van der Waals surface area contributed by atoms with Crippen LogP contribution in [0.4, 0.5) is 24.7 Å². The average Bonchev–Trinajstić information content (AvgIpc) is 2.56. The maximum Gasteiger partial charge on any atom is 0.416 e. The zero-order valence-electron chi connectivity index (χ0n) is 13.3. The van der Waals surface area contributed by atoms with Crippen LogP contribution in [0.5, 0.6) is 0 Å². The molecular formula is C16H16ClF3N4O. The third kappa shape index (κ3) is 5.32. The van der Waals surface area contributed by atoms with E-state index in [9.17, 15) is 18.0 Å². The summed E-state index contributed by atoms with van der Waals surface area (Å²) in [5.74, 6) is -0.184. The fourth-order valence-electron chi connectivity index (χ4n) is 1.91. The monoisotopic (exact) mass is 372 g/mol. The minimum absolute atomic E-state index is 0.00726. The Kier molecular flexibility index (Phi) is 6.19. The van der Waals surface area contributed by atoms with Gasteiger partial charge in [0.05, 0.1) is 28.7 Å².